The average molecular weight is 396 g/mol. The summed E-state index contributed by atoms with van der Waals surface area (Å²) < 4.78 is 10.4. The molecule has 3 rings (SSSR count). The van der Waals surface area contributed by atoms with Gasteiger partial charge in [0.15, 0.2) is 0 Å². The Balaban J connectivity index is 1.71. The summed E-state index contributed by atoms with van der Waals surface area (Å²) in [4.78, 5) is 36.5. The van der Waals surface area contributed by atoms with Gasteiger partial charge in [-0.15, -0.1) is 0 Å². The predicted octanol–water partition coefficient (Wildman–Crippen LogP) is 2.83. The fourth-order valence-electron chi connectivity index (χ4n) is 3.29. The molecular weight excluding hydrogens is 372 g/mol. The Bertz CT molecular complexity index is 967. The number of hydrogen-bond acceptors (Lipinski definition) is 5. The van der Waals surface area contributed by atoms with Gasteiger partial charge in [-0.2, -0.15) is 0 Å². The lowest BCUT2D eigenvalue weighted by Crippen LogP contribution is -2.51. The van der Waals surface area contributed by atoms with Crippen molar-refractivity contribution in [1.29, 1.82) is 0 Å². The third-order valence-electron chi connectivity index (χ3n) is 4.69. The number of nitrogens with one attached hydrogen (secondary N) is 2. The van der Waals surface area contributed by atoms with Crippen LogP contribution >= 0.6 is 0 Å². The molecule has 7 heteroatoms. The maximum atomic E-state index is 12.3. The van der Waals surface area contributed by atoms with Gasteiger partial charge in [0.25, 0.3) is 0 Å². The molecule has 0 unspecified atom stereocenters. The third-order valence-corrected chi connectivity index (χ3v) is 4.69. The minimum Gasteiger partial charge on any atom is -0.463 e. The van der Waals surface area contributed by atoms with Crippen LogP contribution in [0.5, 0.6) is 0 Å². The first-order valence-corrected chi connectivity index (χ1v) is 9.62. The van der Waals surface area contributed by atoms with Crippen molar-refractivity contribution in [3.8, 4) is 0 Å². The van der Waals surface area contributed by atoms with Gasteiger partial charge in [0, 0.05) is 0 Å². The summed E-state index contributed by atoms with van der Waals surface area (Å²) in [6.45, 7) is 3.56. The number of ether oxygens (including phenoxy) is 2. The Labute approximate surface area is 169 Å². The Morgan fingerprint density at radius 2 is 1.79 bits per heavy atom. The Morgan fingerprint density at radius 1 is 1.03 bits per heavy atom. The SMILES string of the molecule is CCOC(=O)C1=C(COC(=O)Cc2ccc3ccccc3c2)NC(=O)N[C@@H]1CC. The van der Waals surface area contributed by atoms with E-state index < -0.39 is 24.0 Å². The van der Waals surface area contributed by atoms with Crippen LogP contribution in [0.4, 0.5) is 4.79 Å². The predicted molar refractivity (Wildman–Crippen MR) is 108 cm³/mol. The zero-order chi connectivity index (χ0) is 20.8. The molecule has 2 amide bonds. The number of urea groups is 1. The summed E-state index contributed by atoms with van der Waals surface area (Å²) in [5.74, 6) is -0.982. The van der Waals surface area contributed by atoms with Gasteiger partial charge in [-0.05, 0) is 29.7 Å². The molecule has 0 spiro atoms. The minimum absolute atomic E-state index is 0.0935. The molecule has 1 heterocycles. The maximum absolute atomic E-state index is 12.3. The van der Waals surface area contributed by atoms with E-state index in [1.807, 2.05) is 49.4 Å². The average Bonchev–Trinajstić information content (AvgIpc) is 2.71. The highest BCUT2D eigenvalue weighted by atomic mass is 16.5. The molecule has 0 saturated carbocycles. The largest absolute Gasteiger partial charge is 0.463 e. The highest BCUT2D eigenvalue weighted by molar-refractivity contribution is 5.95. The summed E-state index contributed by atoms with van der Waals surface area (Å²) in [6.07, 6.45) is 0.604. The van der Waals surface area contributed by atoms with Crippen LogP contribution in [0.3, 0.4) is 0 Å². The van der Waals surface area contributed by atoms with Crippen LogP contribution in [0.15, 0.2) is 53.7 Å². The van der Waals surface area contributed by atoms with Gasteiger partial charge in [0.2, 0.25) is 0 Å². The normalized spacial score (nSPS) is 16.2. The molecule has 0 fully saturated rings. The van der Waals surface area contributed by atoms with Gasteiger partial charge in [-0.1, -0.05) is 49.4 Å². The molecule has 0 radical (unpaired) electrons. The van der Waals surface area contributed by atoms with Crippen LogP contribution in [0.2, 0.25) is 0 Å². The van der Waals surface area contributed by atoms with Crippen LogP contribution in [0.1, 0.15) is 25.8 Å². The fraction of sp³-hybridized carbons (Fsp3) is 0.318. The Kier molecular flexibility index (Phi) is 6.49. The summed E-state index contributed by atoms with van der Waals surface area (Å²) in [6, 6.07) is 12.7. The van der Waals surface area contributed by atoms with Gasteiger partial charge >= 0.3 is 18.0 Å². The molecule has 152 valence electrons. The van der Waals surface area contributed by atoms with Crippen molar-refractivity contribution < 1.29 is 23.9 Å². The van der Waals surface area contributed by atoms with Crippen molar-refractivity contribution >= 4 is 28.7 Å². The second-order valence-corrected chi connectivity index (χ2v) is 6.69. The topological polar surface area (TPSA) is 93.7 Å². The minimum atomic E-state index is -0.535. The summed E-state index contributed by atoms with van der Waals surface area (Å²) in [5.41, 5.74) is 1.37. The van der Waals surface area contributed by atoms with Gasteiger partial charge < -0.3 is 20.1 Å². The maximum Gasteiger partial charge on any atom is 0.338 e. The molecule has 0 saturated heterocycles. The molecule has 0 aliphatic carbocycles. The van der Waals surface area contributed by atoms with Crippen LogP contribution in [-0.4, -0.2) is 37.2 Å². The first-order chi connectivity index (χ1) is 14.0. The number of rotatable bonds is 7. The number of fused-ring (bicyclic) bond motifs is 1. The van der Waals surface area contributed by atoms with E-state index in [1.54, 1.807) is 6.92 Å². The number of amides is 2. The van der Waals surface area contributed by atoms with Crippen LogP contribution in [0, 0.1) is 0 Å². The van der Waals surface area contributed by atoms with Gasteiger partial charge in [0.05, 0.1) is 30.3 Å². The molecule has 1 aliphatic heterocycles. The number of esters is 2. The summed E-state index contributed by atoms with van der Waals surface area (Å²) >= 11 is 0. The first kappa shape index (κ1) is 20.4. The van der Waals surface area contributed by atoms with E-state index >= 15 is 0 Å². The lowest BCUT2D eigenvalue weighted by molar-refractivity contribution is -0.143. The monoisotopic (exact) mass is 396 g/mol. The molecule has 29 heavy (non-hydrogen) atoms. The van der Waals surface area contributed by atoms with Crippen molar-refractivity contribution in [1.82, 2.24) is 10.6 Å². The van der Waals surface area contributed by atoms with E-state index in [0.29, 0.717) is 6.42 Å². The van der Waals surface area contributed by atoms with E-state index in [0.717, 1.165) is 16.3 Å². The second kappa shape index (κ2) is 9.23. The standard InChI is InChI=1S/C22H24N2O5/c1-3-17-20(21(26)28-4-2)18(24-22(27)23-17)13-29-19(25)12-14-9-10-15-7-5-6-8-16(15)11-14/h5-11,17H,3-4,12-13H2,1-2H3,(H2,23,24,27)/t17-/m1/s1. The molecule has 2 aromatic carbocycles. The molecule has 0 bridgehead atoms. The number of hydrogen-bond donors (Lipinski definition) is 2. The lowest BCUT2D eigenvalue weighted by Gasteiger charge is -2.28. The highest BCUT2D eigenvalue weighted by Gasteiger charge is 2.31. The van der Waals surface area contributed by atoms with Crippen molar-refractivity contribution in [3.63, 3.8) is 0 Å². The first-order valence-electron chi connectivity index (χ1n) is 9.62. The molecular formula is C22H24N2O5. The van der Waals surface area contributed by atoms with Crippen LogP contribution < -0.4 is 10.6 Å². The van der Waals surface area contributed by atoms with E-state index in [9.17, 15) is 14.4 Å². The van der Waals surface area contributed by atoms with E-state index in [2.05, 4.69) is 10.6 Å². The fourth-order valence-corrected chi connectivity index (χ4v) is 3.29. The van der Waals surface area contributed by atoms with Crippen LogP contribution in [-0.2, 0) is 25.5 Å². The second-order valence-electron chi connectivity index (χ2n) is 6.69. The van der Waals surface area contributed by atoms with Gasteiger partial charge in [0.1, 0.15) is 6.61 Å². The number of carbonyl (C=O) groups excluding carboxylic acids is 3. The van der Waals surface area contributed by atoms with Gasteiger partial charge in [-0.25, -0.2) is 9.59 Å². The van der Waals surface area contributed by atoms with E-state index in [1.165, 1.54) is 0 Å². The lowest BCUT2D eigenvalue weighted by atomic mass is 10.0. The zero-order valence-electron chi connectivity index (χ0n) is 16.5. The summed E-state index contributed by atoms with van der Waals surface area (Å²) in [5, 5.41) is 7.38. The molecule has 2 aromatic rings. The van der Waals surface area contributed by atoms with E-state index in [-0.39, 0.29) is 30.9 Å². The molecule has 2 N–H and O–H groups in total. The van der Waals surface area contributed by atoms with Crippen molar-refractivity contribution in [3.05, 3.63) is 59.3 Å². The quantitative estimate of drug-likeness (QED) is 0.702. The summed E-state index contributed by atoms with van der Waals surface area (Å²) in [7, 11) is 0. The van der Waals surface area contributed by atoms with Crippen molar-refractivity contribution in [2.24, 2.45) is 0 Å². The molecule has 0 aromatic heterocycles. The Hall–Kier alpha value is -3.35. The van der Waals surface area contributed by atoms with Crippen LogP contribution in [0.25, 0.3) is 10.8 Å². The Morgan fingerprint density at radius 3 is 2.52 bits per heavy atom. The smallest absolute Gasteiger partial charge is 0.338 e. The highest BCUT2D eigenvalue weighted by Crippen LogP contribution is 2.19. The molecule has 1 aliphatic rings. The third kappa shape index (κ3) is 4.93. The van der Waals surface area contributed by atoms with Gasteiger partial charge in [-0.3, -0.25) is 4.79 Å². The van der Waals surface area contributed by atoms with Crippen molar-refractivity contribution in [2.45, 2.75) is 32.7 Å². The van der Waals surface area contributed by atoms with E-state index in [4.69, 9.17) is 9.47 Å². The molecule has 1 atom stereocenters. The zero-order valence-corrected chi connectivity index (χ0v) is 16.5. The number of carbonyl (C=O) groups is 3. The van der Waals surface area contributed by atoms with Crippen molar-refractivity contribution in [2.75, 3.05) is 13.2 Å². The number of benzene rings is 2. The molecule has 7 nitrogen and oxygen atoms in total.